The molecule has 0 heterocycles. The molecular weight excluding hydrogens is 334 g/mol. The standard InChI is InChI=1S/C19H23N3O4/c1-22(12-18(23)20-14-4-8-16(25-2)9-5-14)13-19(24)21-15-6-10-17(26-3)11-7-15/h4-11H,12-13H2,1-3H3,(H,20,23)(H,21,24)/p+1. The number of likely N-dealkylation sites (N-methyl/N-ethyl adjacent to an activating group) is 1. The van der Waals surface area contributed by atoms with Crippen LogP contribution in [0.1, 0.15) is 0 Å². The van der Waals surface area contributed by atoms with E-state index in [1.165, 1.54) is 0 Å². The number of carbonyl (C=O) groups is 2. The Morgan fingerprint density at radius 2 is 1.12 bits per heavy atom. The number of carbonyl (C=O) groups excluding carboxylic acids is 2. The number of methoxy groups -OCH3 is 2. The summed E-state index contributed by atoms with van der Waals surface area (Å²) in [5.74, 6) is 1.12. The quantitative estimate of drug-likeness (QED) is 0.652. The molecule has 0 bridgehead atoms. The van der Waals surface area contributed by atoms with Crippen LogP contribution in [0.4, 0.5) is 11.4 Å². The molecule has 0 fully saturated rings. The smallest absolute Gasteiger partial charge is 0.279 e. The number of hydrogen-bond donors (Lipinski definition) is 3. The molecular formula is C19H24N3O4+. The highest BCUT2D eigenvalue weighted by atomic mass is 16.5. The molecule has 0 aliphatic carbocycles. The SMILES string of the molecule is COc1ccc(NC(=O)C[NH+](C)CC(=O)Nc2ccc(OC)cc2)cc1. The van der Waals surface area contributed by atoms with Gasteiger partial charge in [0.2, 0.25) is 0 Å². The molecule has 138 valence electrons. The van der Waals surface area contributed by atoms with Gasteiger partial charge in [-0.1, -0.05) is 0 Å². The van der Waals surface area contributed by atoms with Crippen molar-refractivity contribution in [2.45, 2.75) is 0 Å². The number of benzene rings is 2. The minimum absolute atomic E-state index is 0.162. The fourth-order valence-corrected chi connectivity index (χ4v) is 2.37. The Labute approximate surface area is 152 Å². The topological polar surface area (TPSA) is 81.1 Å². The highest BCUT2D eigenvalue weighted by molar-refractivity contribution is 5.93. The van der Waals surface area contributed by atoms with Crippen molar-refractivity contribution in [1.29, 1.82) is 0 Å². The van der Waals surface area contributed by atoms with E-state index in [1.807, 2.05) is 0 Å². The van der Waals surface area contributed by atoms with Crippen molar-refractivity contribution in [3.63, 3.8) is 0 Å². The molecule has 0 saturated carbocycles. The number of ether oxygens (including phenoxy) is 2. The molecule has 2 aromatic carbocycles. The van der Waals surface area contributed by atoms with Crippen LogP contribution in [0.5, 0.6) is 11.5 Å². The molecule has 2 amide bonds. The summed E-state index contributed by atoms with van der Waals surface area (Å²) < 4.78 is 10.2. The molecule has 2 aromatic rings. The fraction of sp³-hybridized carbons (Fsp3) is 0.263. The first-order chi connectivity index (χ1) is 12.5. The molecule has 7 heteroatoms. The number of rotatable bonds is 8. The van der Waals surface area contributed by atoms with Crippen LogP contribution in [0.2, 0.25) is 0 Å². The number of nitrogens with one attached hydrogen (secondary N) is 3. The van der Waals surface area contributed by atoms with E-state index >= 15 is 0 Å². The van der Waals surface area contributed by atoms with Gasteiger partial charge in [0.05, 0.1) is 21.3 Å². The van der Waals surface area contributed by atoms with Crippen molar-refractivity contribution in [2.75, 3.05) is 45.0 Å². The predicted molar refractivity (Wildman–Crippen MR) is 99.9 cm³/mol. The summed E-state index contributed by atoms with van der Waals surface area (Å²) >= 11 is 0. The van der Waals surface area contributed by atoms with Gasteiger partial charge in [-0.25, -0.2) is 0 Å². The lowest BCUT2D eigenvalue weighted by atomic mass is 10.3. The fourth-order valence-electron chi connectivity index (χ4n) is 2.37. The Morgan fingerprint density at radius 1 is 0.769 bits per heavy atom. The number of hydrogen-bond acceptors (Lipinski definition) is 4. The molecule has 0 aromatic heterocycles. The molecule has 0 radical (unpaired) electrons. The van der Waals surface area contributed by atoms with Crippen molar-refractivity contribution in [3.05, 3.63) is 48.5 Å². The van der Waals surface area contributed by atoms with Gasteiger partial charge < -0.3 is 25.0 Å². The zero-order valence-electron chi connectivity index (χ0n) is 15.2. The van der Waals surface area contributed by atoms with Crippen molar-refractivity contribution >= 4 is 23.2 Å². The molecule has 0 unspecified atom stereocenters. The minimum atomic E-state index is -0.162. The van der Waals surface area contributed by atoms with Gasteiger partial charge in [0.25, 0.3) is 11.8 Å². The highest BCUT2D eigenvalue weighted by Crippen LogP contribution is 2.15. The summed E-state index contributed by atoms with van der Waals surface area (Å²) in [5, 5.41) is 5.60. The lowest BCUT2D eigenvalue weighted by molar-refractivity contribution is -0.862. The third kappa shape index (κ3) is 6.10. The molecule has 26 heavy (non-hydrogen) atoms. The van der Waals surface area contributed by atoms with E-state index in [0.29, 0.717) is 11.4 Å². The van der Waals surface area contributed by atoms with E-state index in [-0.39, 0.29) is 24.9 Å². The number of quaternary nitrogens is 1. The average molecular weight is 358 g/mol. The Morgan fingerprint density at radius 3 is 1.42 bits per heavy atom. The van der Waals surface area contributed by atoms with Crippen LogP contribution in [-0.2, 0) is 9.59 Å². The van der Waals surface area contributed by atoms with Crippen LogP contribution >= 0.6 is 0 Å². The summed E-state index contributed by atoms with van der Waals surface area (Å²) in [6.45, 7) is 0.365. The molecule has 0 aliphatic heterocycles. The first-order valence-electron chi connectivity index (χ1n) is 8.19. The first kappa shape index (κ1) is 19.3. The summed E-state index contributed by atoms with van der Waals surface area (Å²) in [7, 11) is 4.97. The average Bonchev–Trinajstić information content (AvgIpc) is 2.62. The maximum atomic E-state index is 12.1. The zero-order valence-corrected chi connectivity index (χ0v) is 15.2. The second-order valence-electron chi connectivity index (χ2n) is 5.86. The highest BCUT2D eigenvalue weighted by Gasteiger charge is 2.14. The van der Waals surface area contributed by atoms with Crippen molar-refractivity contribution in [1.82, 2.24) is 0 Å². The van der Waals surface area contributed by atoms with Crippen molar-refractivity contribution in [3.8, 4) is 11.5 Å². The lowest BCUT2D eigenvalue weighted by Crippen LogP contribution is -3.11. The molecule has 0 saturated heterocycles. The van der Waals surface area contributed by atoms with Crippen molar-refractivity contribution in [2.24, 2.45) is 0 Å². The van der Waals surface area contributed by atoms with E-state index in [1.54, 1.807) is 69.8 Å². The van der Waals surface area contributed by atoms with Gasteiger partial charge in [-0.15, -0.1) is 0 Å². The molecule has 2 rings (SSSR count). The third-order valence-electron chi connectivity index (χ3n) is 3.67. The Balaban J connectivity index is 1.77. The largest absolute Gasteiger partial charge is 0.497 e. The molecule has 0 atom stereocenters. The lowest BCUT2D eigenvalue weighted by Gasteiger charge is -2.14. The van der Waals surface area contributed by atoms with Gasteiger partial charge in [-0.2, -0.15) is 0 Å². The second kappa shape index (κ2) is 9.43. The Hall–Kier alpha value is -3.06. The van der Waals surface area contributed by atoms with Crippen molar-refractivity contribution < 1.29 is 24.0 Å². The first-order valence-corrected chi connectivity index (χ1v) is 8.19. The van der Waals surface area contributed by atoms with Gasteiger partial charge in [0.15, 0.2) is 13.1 Å². The van der Waals surface area contributed by atoms with Gasteiger partial charge in [-0.3, -0.25) is 9.59 Å². The van der Waals surface area contributed by atoms with Gasteiger partial charge in [0, 0.05) is 11.4 Å². The summed E-state index contributed by atoms with van der Waals surface area (Å²) in [5.41, 5.74) is 1.37. The summed E-state index contributed by atoms with van der Waals surface area (Å²) in [4.78, 5) is 24.9. The number of anilines is 2. The van der Waals surface area contributed by atoms with Crippen LogP contribution in [0, 0.1) is 0 Å². The van der Waals surface area contributed by atoms with Crippen LogP contribution in [-0.4, -0.2) is 46.2 Å². The van der Waals surface area contributed by atoms with Crippen LogP contribution in [0.15, 0.2) is 48.5 Å². The predicted octanol–water partition coefficient (Wildman–Crippen LogP) is 0.796. The molecule has 3 N–H and O–H groups in total. The summed E-state index contributed by atoms with van der Waals surface area (Å²) in [6.07, 6.45) is 0. The Kier molecular flexibility index (Phi) is 6.99. The maximum Gasteiger partial charge on any atom is 0.279 e. The van der Waals surface area contributed by atoms with Crippen LogP contribution in [0.3, 0.4) is 0 Å². The van der Waals surface area contributed by atoms with Gasteiger partial charge in [0.1, 0.15) is 11.5 Å². The molecule has 7 nitrogen and oxygen atoms in total. The monoisotopic (exact) mass is 358 g/mol. The molecule has 0 spiro atoms. The molecule has 0 aliphatic rings. The van der Waals surface area contributed by atoms with Gasteiger partial charge >= 0.3 is 0 Å². The normalized spacial score (nSPS) is 10.3. The summed E-state index contributed by atoms with van der Waals surface area (Å²) in [6, 6.07) is 14.2. The second-order valence-corrected chi connectivity index (χ2v) is 5.86. The van der Waals surface area contributed by atoms with E-state index < -0.39 is 0 Å². The van der Waals surface area contributed by atoms with Crippen LogP contribution in [0.25, 0.3) is 0 Å². The van der Waals surface area contributed by atoms with E-state index in [2.05, 4.69) is 10.6 Å². The van der Waals surface area contributed by atoms with E-state index in [4.69, 9.17) is 9.47 Å². The van der Waals surface area contributed by atoms with E-state index in [0.717, 1.165) is 16.4 Å². The van der Waals surface area contributed by atoms with Crippen LogP contribution < -0.4 is 25.0 Å². The number of amides is 2. The maximum absolute atomic E-state index is 12.1. The minimum Gasteiger partial charge on any atom is -0.497 e. The van der Waals surface area contributed by atoms with E-state index in [9.17, 15) is 9.59 Å². The van der Waals surface area contributed by atoms with Gasteiger partial charge in [-0.05, 0) is 48.5 Å². The zero-order chi connectivity index (χ0) is 18.9. The third-order valence-corrected chi connectivity index (χ3v) is 3.67. The Bertz CT molecular complexity index is 666.